The molecule has 0 spiro atoms. The molecule has 1 aromatic heterocycles. The Balaban J connectivity index is 2.24. The Morgan fingerprint density at radius 1 is 1.37 bits per heavy atom. The summed E-state index contributed by atoms with van der Waals surface area (Å²) in [7, 11) is 0. The Morgan fingerprint density at radius 3 is 2.47 bits per heavy atom. The fourth-order valence-electron chi connectivity index (χ4n) is 2.70. The van der Waals surface area contributed by atoms with E-state index in [0.29, 0.717) is 12.1 Å². The topological polar surface area (TPSA) is 37.3 Å². The lowest BCUT2D eigenvalue weighted by molar-refractivity contribution is 0.0661. The normalized spacial score (nSPS) is 24.0. The van der Waals surface area contributed by atoms with Crippen molar-refractivity contribution in [2.45, 2.75) is 45.8 Å². The molecule has 106 valence electrons. The Kier molecular flexibility index (Phi) is 4.36. The molecular weight excluding hydrogens is 306 g/mol. The quantitative estimate of drug-likeness (QED) is 0.906. The smallest absolute Gasteiger partial charge is 0.270 e. The summed E-state index contributed by atoms with van der Waals surface area (Å²) in [6, 6.07) is 2.89. The molecule has 0 aliphatic carbocycles. The first-order valence-corrected chi connectivity index (χ1v) is 7.60. The lowest BCUT2D eigenvalue weighted by Gasteiger charge is -2.36. The molecule has 2 atom stereocenters. The predicted octanol–water partition coefficient (Wildman–Crippen LogP) is 2.65. The van der Waals surface area contributed by atoms with Gasteiger partial charge in [-0.05, 0) is 49.7 Å². The third kappa shape index (κ3) is 3.20. The molecule has 1 N–H and O–H groups in total. The van der Waals surface area contributed by atoms with Gasteiger partial charge in [-0.15, -0.1) is 0 Å². The fraction of sp³-hybridized carbons (Fsp3) is 0.643. The van der Waals surface area contributed by atoms with Crippen LogP contribution in [0.15, 0.2) is 16.7 Å². The molecule has 1 fully saturated rings. The molecule has 2 heterocycles. The van der Waals surface area contributed by atoms with E-state index in [9.17, 15) is 4.79 Å². The number of carbonyl (C=O) groups excluding carboxylic acids is 1. The molecule has 1 aromatic rings. The van der Waals surface area contributed by atoms with Crippen LogP contribution in [0.4, 0.5) is 0 Å². The highest BCUT2D eigenvalue weighted by Crippen LogP contribution is 2.21. The highest BCUT2D eigenvalue weighted by molar-refractivity contribution is 9.10. The first-order chi connectivity index (χ1) is 8.88. The van der Waals surface area contributed by atoms with Crippen LogP contribution in [0.25, 0.3) is 0 Å². The molecular formula is C14H22BrN3O. The minimum atomic E-state index is 0.125. The van der Waals surface area contributed by atoms with Gasteiger partial charge in [-0.1, -0.05) is 0 Å². The summed E-state index contributed by atoms with van der Waals surface area (Å²) in [5.74, 6) is 0.125. The van der Waals surface area contributed by atoms with Crippen LogP contribution in [-0.2, 0) is 0 Å². The van der Waals surface area contributed by atoms with Crippen molar-refractivity contribution < 1.29 is 4.79 Å². The molecule has 5 heteroatoms. The van der Waals surface area contributed by atoms with E-state index < -0.39 is 0 Å². The summed E-state index contributed by atoms with van der Waals surface area (Å²) in [4.78, 5) is 14.6. The number of rotatable bonds is 2. The standard InChI is InChI=1S/C14H22BrN3O/c1-9(2)18-8-12(15)5-13(18)14(19)17-6-10(3)16-11(4)7-17/h5,8-11,16H,6-7H2,1-4H3/t10-,11+. The fourth-order valence-corrected chi connectivity index (χ4v) is 3.14. The van der Waals surface area contributed by atoms with Gasteiger partial charge in [0.25, 0.3) is 5.91 Å². The van der Waals surface area contributed by atoms with Crippen molar-refractivity contribution in [3.63, 3.8) is 0 Å². The average Bonchev–Trinajstić information content (AvgIpc) is 2.69. The zero-order valence-electron chi connectivity index (χ0n) is 12.0. The van der Waals surface area contributed by atoms with E-state index in [0.717, 1.165) is 23.3 Å². The van der Waals surface area contributed by atoms with Crippen molar-refractivity contribution in [2.24, 2.45) is 0 Å². The van der Waals surface area contributed by atoms with Gasteiger partial charge in [0.15, 0.2) is 0 Å². The lowest BCUT2D eigenvalue weighted by atomic mass is 10.1. The first-order valence-electron chi connectivity index (χ1n) is 6.81. The predicted molar refractivity (Wildman–Crippen MR) is 80.5 cm³/mol. The zero-order valence-corrected chi connectivity index (χ0v) is 13.6. The molecule has 0 aromatic carbocycles. The molecule has 1 amide bonds. The van der Waals surface area contributed by atoms with E-state index in [1.54, 1.807) is 0 Å². The number of piperazine rings is 1. The molecule has 2 rings (SSSR count). The highest BCUT2D eigenvalue weighted by atomic mass is 79.9. The summed E-state index contributed by atoms with van der Waals surface area (Å²) in [6.45, 7) is 9.95. The number of hydrogen-bond acceptors (Lipinski definition) is 2. The Labute approximate surface area is 123 Å². The zero-order chi connectivity index (χ0) is 14.2. The summed E-state index contributed by atoms with van der Waals surface area (Å²) in [5, 5.41) is 3.45. The van der Waals surface area contributed by atoms with Crippen LogP contribution in [0, 0.1) is 0 Å². The van der Waals surface area contributed by atoms with Crippen LogP contribution < -0.4 is 5.32 Å². The van der Waals surface area contributed by atoms with Crippen LogP contribution in [0.3, 0.4) is 0 Å². The van der Waals surface area contributed by atoms with Crippen LogP contribution >= 0.6 is 15.9 Å². The van der Waals surface area contributed by atoms with Gasteiger partial charge in [-0.25, -0.2) is 0 Å². The van der Waals surface area contributed by atoms with Crippen molar-refractivity contribution in [3.05, 3.63) is 22.4 Å². The van der Waals surface area contributed by atoms with Crippen LogP contribution in [0.5, 0.6) is 0 Å². The van der Waals surface area contributed by atoms with Crippen molar-refractivity contribution >= 4 is 21.8 Å². The molecule has 1 aliphatic heterocycles. The third-order valence-electron chi connectivity index (χ3n) is 3.44. The maximum atomic E-state index is 12.7. The molecule has 0 bridgehead atoms. The van der Waals surface area contributed by atoms with Crippen LogP contribution in [-0.4, -0.2) is 40.5 Å². The van der Waals surface area contributed by atoms with Crippen LogP contribution in [0.2, 0.25) is 0 Å². The molecule has 1 aliphatic rings. The van der Waals surface area contributed by atoms with Gasteiger partial charge in [-0.3, -0.25) is 4.79 Å². The van der Waals surface area contributed by atoms with Gasteiger partial charge in [0.2, 0.25) is 0 Å². The average molecular weight is 328 g/mol. The summed E-state index contributed by atoms with van der Waals surface area (Å²) in [5.41, 5.74) is 0.767. The van der Waals surface area contributed by atoms with Gasteiger partial charge in [0.05, 0.1) is 0 Å². The molecule has 19 heavy (non-hydrogen) atoms. The number of amides is 1. The Bertz CT molecular complexity index is 459. The second kappa shape index (κ2) is 5.67. The highest BCUT2D eigenvalue weighted by Gasteiger charge is 2.27. The summed E-state index contributed by atoms with van der Waals surface area (Å²) in [6.07, 6.45) is 1.98. The second-order valence-electron chi connectivity index (χ2n) is 5.72. The Hall–Kier alpha value is -0.810. The number of nitrogens with zero attached hydrogens (tertiary/aromatic N) is 2. The SMILES string of the molecule is CC(C)n1cc(Br)cc1C(=O)N1C[C@@H](C)N[C@@H](C)C1. The van der Waals surface area contributed by atoms with Crippen molar-refractivity contribution in [2.75, 3.05) is 13.1 Å². The van der Waals surface area contributed by atoms with Crippen molar-refractivity contribution in [3.8, 4) is 0 Å². The van der Waals surface area contributed by atoms with E-state index in [2.05, 4.69) is 48.9 Å². The first kappa shape index (κ1) is 14.6. The maximum Gasteiger partial charge on any atom is 0.270 e. The van der Waals surface area contributed by atoms with E-state index in [-0.39, 0.29) is 11.9 Å². The molecule has 0 saturated carbocycles. The summed E-state index contributed by atoms with van der Waals surface area (Å²) < 4.78 is 2.99. The van der Waals surface area contributed by atoms with Crippen molar-refractivity contribution in [1.29, 1.82) is 0 Å². The van der Waals surface area contributed by atoms with Crippen LogP contribution in [0.1, 0.15) is 44.2 Å². The third-order valence-corrected chi connectivity index (χ3v) is 3.87. The number of aromatic nitrogens is 1. The molecule has 4 nitrogen and oxygen atoms in total. The largest absolute Gasteiger partial charge is 0.340 e. The van der Waals surface area contributed by atoms with E-state index in [4.69, 9.17) is 0 Å². The van der Waals surface area contributed by atoms with E-state index in [1.807, 2.05) is 21.7 Å². The van der Waals surface area contributed by atoms with Gasteiger partial charge in [-0.2, -0.15) is 0 Å². The minimum absolute atomic E-state index is 0.125. The lowest BCUT2D eigenvalue weighted by Crippen LogP contribution is -2.56. The van der Waals surface area contributed by atoms with Crippen molar-refractivity contribution in [1.82, 2.24) is 14.8 Å². The van der Waals surface area contributed by atoms with Gasteiger partial charge >= 0.3 is 0 Å². The number of hydrogen-bond donors (Lipinski definition) is 1. The number of carbonyl (C=O) groups is 1. The second-order valence-corrected chi connectivity index (χ2v) is 6.64. The minimum Gasteiger partial charge on any atom is -0.340 e. The van der Waals surface area contributed by atoms with E-state index in [1.165, 1.54) is 0 Å². The maximum absolute atomic E-state index is 12.7. The molecule has 0 unspecified atom stereocenters. The molecule has 0 radical (unpaired) electrons. The molecule has 1 saturated heterocycles. The Morgan fingerprint density at radius 2 is 1.95 bits per heavy atom. The van der Waals surface area contributed by atoms with Gasteiger partial charge in [0.1, 0.15) is 5.69 Å². The monoisotopic (exact) mass is 327 g/mol. The number of halogens is 1. The number of nitrogens with one attached hydrogen (secondary N) is 1. The van der Waals surface area contributed by atoms with E-state index >= 15 is 0 Å². The summed E-state index contributed by atoms with van der Waals surface area (Å²) >= 11 is 3.46. The van der Waals surface area contributed by atoms with Gasteiger partial charge in [0, 0.05) is 41.9 Å². The van der Waals surface area contributed by atoms with Gasteiger partial charge < -0.3 is 14.8 Å².